The number of imidazole rings is 1. The van der Waals surface area contributed by atoms with Gasteiger partial charge in [0.25, 0.3) is 0 Å². The van der Waals surface area contributed by atoms with Crippen molar-refractivity contribution < 1.29 is 14.8 Å². The molecule has 0 saturated heterocycles. The van der Waals surface area contributed by atoms with Crippen LogP contribution in [0.2, 0.25) is 0 Å². The molecule has 0 spiro atoms. The molecule has 0 aromatic carbocycles. The van der Waals surface area contributed by atoms with Gasteiger partial charge in [0.05, 0.1) is 0 Å². The molecule has 0 radical (unpaired) electrons. The van der Waals surface area contributed by atoms with Gasteiger partial charge in [-0.1, -0.05) is 13.0 Å². The van der Waals surface area contributed by atoms with E-state index >= 15 is 0 Å². The van der Waals surface area contributed by atoms with E-state index in [9.17, 15) is 14.9 Å². The fraction of sp³-hybridized carbons (Fsp3) is 0.200. The number of hydrogen-bond acceptors (Lipinski definition) is 4. The van der Waals surface area contributed by atoms with Gasteiger partial charge in [0.1, 0.15) is 5.69 Å². The van der Waals surface area contributed by atoms with Crippen molar-refractivity contribution in [1.82, 2.24) is 9.38 Å². The molecule has 0 atom stereocenters. The van der Waals surface area contributed by atoms with E-state index in [0.717, 1.165) is 4.40 Å². The van der Waals surface area contributed by atoms with Crippen molar-refractivity contribution in [1.29, 1.82) is 0 Å². The summed E-state index contributed by atoms with van der Waals surface area (Å²) >= 11 is 0. The molecule has 0 aliphatic heterocycles. The molecule has 0 saturated carbocycles. The zero-order chi connectivity index (χ0) is 12.6. The van der Waals surface area contributed by atoms with Crippen molar-refractivity contribution in [3.63, 3.8) is 0 Å². The van der Waals surface area contributed by atoms with E-state index in [1.807, 2.05) is 0 Å². The Labute approximate surface area is 95.5 Å². The van der Waals surface area contributed by atoms with Gasteiger partial charge in [0.15, 0.2) is 0 Å². The lowest BCUT2D eigenvalue weighted by Crippen LogP contribution is -2.07. The first-order valence-electron chi connectivity index (χ1n) is 4.94. The maximum absolute atomic E-state index is 11.0. The van der Waals surface area contributed by atoms with Crippen LogP contribution in [-0.2, 0) is 6.42 Å². The Morgan fingerprint density at radius 1 is 1.59 bits per heavy atom. The van der Waals surface area contributed by atoms with E-state index in [2.05, 4.69) is 4.98 Å². The van der Waals surface area contributed by atoms with Crippen LogP contribution >= 0.6 is 0 Å². The molecule has 2 aromatic heterocycles. The van der Waals surface area contributed by atoms with Crippen LogP contribution in [0.1, 0.15) is 23.1 Å². The minimum atomic E-state index is -1.22. The van der Waals surface area contributed by atoms with E-state index in [4.69, 9.17) is 5.11 Å². The highest BCUT2D eigenvalue weighted by molar-refractivity contribution is 5.87. The first kappa shape index (κ1) is 11.1. The predicted octanol–water partition coefficient (Wildman–Crippen LogP) is 1.50. The van der Waals surface area contributed by atoms with Gasteiger partial charge in [-0.25, -0.2) is 9.78 Å². The van der Waals surface area contributed by atoms with Crippen LogP contribution in [0.4, 0.5) is 5.82 Å². The van der Waals surface area contributed by atoms with Crippen LogP contribution < -0.4 is 0 Å². The van der Waals surface area contributed by atoms with Crippen molar-refractivity contribution in [2.75, 3.05) is 0 Å². The third kappa shape index (κ3) is 1.61. The monoisotopic (exact) mass is 235 g/mol. The zero-order valence-corrected chi connectivity index (χ0v) is 8.95. The molecular formula is C10H9N3O4. The van der Waals surface area contributed by atoms with Gasteiger partial charge in [-0.2, -0.15) is 4.40 Å². The summed E-state index contributed by atoms with van der Waals surface area (Å²) < 4.78 is 1.06. The van der Waals surface area contributed by atoms with Crippen LogP contribution in [-0.4, -0.2) is 25.4 Å². The van der Waals surface area contributed by atoms with Gasteiger partial charge in [-0.3, -0.25) is 0 Å². The van der Waals surface area contributed by atoms with Crippen LogP contribution in [0.3, 0.4) is 0 Å². The van der Waals surface area contributed by atoms with E-state index in [1.165, 1.54) is 12.1 Å². The molecule has 0 aliphatic rings. The Kier molecular flexibility index (Phi) is 2.51. The Morgan fingerprint density at radius 3 is 2.82 bits per heavy atom. The van der Waals surface area contributed by atoms with Crippen LogP contribution in [0.5, 0.6) is 0 Å². The number of fused-ring (bicyclic) bond motifs is 1. The van der Waals surface area contributed by atoms with Crippen molar-refractivity contribution >= 4 is 17.4 Å². The van der Waals surface area contributed by atoms with E-state index in [0.29, 0.717) is 6.42 Å². The highest BCUT2D eigenvalue weighted by Crippen LogP contribution is 2.23. The lowest BCUT2D eigenvalue weighted by atomic mass is 10.3. The summed E-state index contributed by atoms with van der Waals surface area (Å²) in [6.45, 7) is 1.73. The minimum Gasteiger partial charge on any atom is -0.475 e. The van der Waals surface area contributed by atoms with Gasteiger partial charge >= 0.3 is 11.8 Å². The number of pyridine rings is 1. The summed E-state index contributed by atoms with van der Waals surface area (Å²) in [5.74, 6) is -1.50. The molecule has 7 heteroatoms. The van der Waals surface area contributed by atoms with E-state index < -0.39 is 10.9 Å². The maximum atomic E-state index is 11.0. The average Bonchev–Trinajstić information content (AvgIpc) is 2.66. The molecule has 7 nitrogen and oxygen atoms in total. The Hall–Kier alpha value is -2.44. The third-order valence-electron chi connectivity index (χ3n) is 2.42. The Bertz CT molecular complexity index is 617. The van der Waals surface area contributed by atoms with Crippen LogP contribution in [0.25, 0.3) is 5.65 Å². The number of aromatic carboxylic acids is 1. The lowest BCUT2D eigenvalue weighted by Gasteiger charge is -1.98. The fourth-order valence-corrected chi connectivity index (χ4v) is 1.72. The smallest absolute Gasteiger partial charge is 0.376 e. The number of aryl methyl sites for hydroxylation is 1. The molecule has 2 aromatic rings. The molecular weight excluding hydrogens is 226 g/mol. The summed E-state index contributed by atoms with van der Waals surface area (Å²) in [5.41, 5.74) is 0.388. The molecule has 0 bridgehead atoms. The zero-order valence-electron chi connectivity index (χ0n) is 8.95. The number of carboxylic acid groups (broad SMARTS) is 1. The standard InChI is InChI=1S/C10H9N3O4/c1-2-6-9(13(16)17)12-7(10(14)15)4-3-5-8(12)11-6/h3-5H,2H2,1H3,(H,14,15). The topological polar surface area (TPSA) is 97.7 Å². The minimum absolute atomic E-state index is 0.165. The predicted molar refractivity (Wildman–Crippen MR) is 58.2 cm³/mol. The highest BCUT2D eigenvalue weighted by atomic mass is 16.6. The Balaban J connectivity index is 2.91. The van der Waals surface area contributed by atoms with Gasteiger partial charge in [-0.05, 0) is 17.4 Å². The highest BCUT2D eigenvalue weighted by Gasteiger charge is 2.26. The average molecular weight is 235 g/mol. The first-order chi connectivity index (χ1) is 8.06. The van der Waals surface area contributed by atoms with Gasteiger partial charge in [0, 0.05) is 6.07 Å². The van der Waals surface area contributed by atoms with Crippen LogP contribution in [0, 0.1) is 10.1 Å². The number of hydrogen-bond donors (Lipinski definition) is 1. The molecule has 17 heavy (non-hydrogen) atoms. The van der Waals surface area contributed by atoms with Crippen molar-refractivity contribution in [3.05, 3.63) is 39.7 Å². The summed E-state index contributed by atoms with van der Waals surface area (Å²) in [6, 6.07) is 4.36. The number of carboxylic acids is 1. The normalized spacial score (nSPS) is 10.6. The van der Waals surface area contributed by atoms with Crippen molar-refractivity contribution in [3.8, 4) is 0 Å². The fourth-order valence-electron chi connectivity index (χ4n) is 1.72. The van der Waals surface area contributed by atoms with E-state index in [-0.39, 0.29) is 22.9 Å². The first-order valence-corrected chi connectivity index (χ1v) is 4.94. The third-order valence-corrected chi connectivity index (χ3v) is 2.42. The lowest BCUT2D eigenvalue weighted by molar-refractivity contribution is -0.391. The molecule has 88 valence electrons. The summed E-state index contributed by atoms with van der Waals surface area (Å²) in [7, 11) is 0. The van der Waals surface area contributed by atoms with Crippen molar-refractivity contribution in [2.24, 2.45) is 0 Å². The molecule has 0 amide bonds. The summed E-state index contributed by atoms with van der Waals surface area (Å²) in [5, 5.41) is 20.0. The molecule has 2 rings (SSSR count). The number of aromatic nitrogens is 2. The second-order valence-electron chi connectivity index (χ2n) is 3.40. The molecule has 1 N–H and O–H groups in total. The molecule has 2 heterocycles. The van der Waals surface area contributed by atoms with Gasteiger partial charge < -0.3 is 15.2 Å². The van der Waals surface area contributed by atoms with Gasteiger partial charge in [0.2, 0.25) is 11.3 Å². The number of rotatable bonds is 3. The quantitative estimate of drug-likeness (QED) is 0.642. The largest absolute Gasteiger partial charge is 0.475 e. The summed E-state index contributed by atoms with van der Waals surface area (Å²) in [6.07, 6.45) is 0.372. The van der Waals surface area contributed by atoms with Crippen LogP contribution in [0.15, 0.2) is 18.2 Å². The molecule has 0 fully saturated rings. The number of nitrogens with zero attached hydrogens (tertiary/aromatic N) is 3. The second kappa shape index (κ2) is 3.85. The maximum Gasteiger partial charge on any atom is 0.376 e. The Morgan fingerprint density at radius 2 is 2.29 bits per heavy atom. The summed E-state index contributed by atoms with van der Waals surface area (Å²) in [4.78, 5) is 25.4. The van der Waals surface area contributed by atoms with Gasteiger partial charge in [-0.15, -0.1) is 0 Å². The molecule has 0 unspecified atom stereocenters. The number of carbonyl (C=O) groups is 1. The molecule has 0 aliphatic carbocycles. The second-order valence-corrected chi connectivity index (χ2v) is 3.40. The number of nitro groups is 1. The van der Waals surface area contributed by atoms with Crippen molar-refractivity contribution in [2.45, 2.75) is 13.3 Å². The SMILES string of the molecule is CCc1nc2cccc(C(=O)O)n2c1[N+](=O)[O-]. The van der Waals surface area contributed by atoms with E-state index in [1.54, 1.807) is 13.0 Å².